The van der Waals surface area contributed by atoms with Gasteiger partial charge in [-0.15, -0.1) is 37.5 Å². The average molecular weight is 926 g/mol. The van der Waals surface area contributed by atoms with Crippen LogP contribution >= 0.6 is 0 Å². The number of aryl methyl sites for hydroxylation is 12. The van der Waals surface area contributed by atoms with Crippen molar-refractivity contribution in [1.29, 1.82) is 10.5 Å². The first kappa shape index (κ1) is 58.8. The maximum Gasteiger partial charge on any atom is 0.673 e. The quantitative estimate of drug-likeness (QED) is 0.140. The molecular formula is C28H46B4F16N14. The Labute approximate surface area is 346 Å². The van der Waals surface area contributed by atoms with E-state index < -0.39 is 29.0 Å². The summed E-state index contributed by atoms with van der Waals surface area (Å²) < 4.78 is 172. The number of fused-ring (bicyclic) bond motifs is 8. The van der Waals surface area contributed by atoms with Crippen LogP contribution in [-0.4, -0.2) is 68.6 Å². The highest BCUT2D eigenvalue weighted by atomic mass is 19.5. The third-order valence-electron chi connectivity index (χ3n) is 7.13. The van der Waals surface area contributed by atoms with E-state index in [0.29, 0.717) is 0 Å². The van der Waals surface area contributed by atoms with Crippen LogP contribution in [0.5, 0.6) is 0 Å². The van der Waals surface area contributed by atoms with Crippen molar-refractivity contribution in [3.8, 4) is 12.1 Å². The van der Waals surface area contributed by atoms with E-state index in [4.69, 9.17) is 10.5 Å². The van der Waals surface area contributed by atoms with Gasteiger partial charge in [0.15, 0.2) is 47.6 Å². The fourth-order valence-corrected chi connectivity index (χ4v) is 5.08. The van der Waals surface area contributed by atoms with Crippen molar-refractivity contribution in [2.75, 3.05) is 0 Å². The lowest BCUT2D eigenvalue weighted by molar-refractivity contribution is -0.782. The van der Waals surface area contributed by atoms with Crippen LogP contribution in [0.25, 0.3) is 0 Å². The molecule has 0 aliphatic carbocycles. The summed E-state index contributed by atoms with van der Waals surface area (Å²) in [6, 6.07) is 3.50. The number of nitrogens with zero attached hydrogens (tertiary/aromatic N) is 14. The monoisotopic (exact) mass is 926 g/mol. The summed E-state index contributed by atoms with van der Waals surface area (Å²) in [7, 11) is -15.8. The van der Waals surface area contributed by atoms with E-state index in [0.717, 1.165) is 77.5 Å². The summed E-state index contributed by atoms with van der Waals surface area (Å²) in [6.45, 7) is 6.40. The van der Waals surface area contributed by atoms with Crippen molar-refractivity contribution in [2.45, 2.75) is 91.4 Å². The van der Waals surface area contributed by atoms with Crippen LogP contribution in [0.15, 0.2) is 24.8 Å². The van der Waals surface area contributed by atoms with Crippen LogP contribution < -0.4 is 18.7 Å². The molecule has 0 aromatic carbocycles. The Kier molecular flexibility index (Phi) is 26.8. The minimum absolute atomic E-state index is 0.884. The Morgan fingerprint density at radius 3 is 0.694 bits per heavy atom. The highest BCUT2D eigenvalue weighted by Crippen LogP contribution is 2.09. The van der Waals surface area contributed by atoms with E-state index in [2.05, 4.69) is 64.4 Å². The van der Waals surface area contributed by atoms with Crippen molar-refractivity contribution >= 4 is 29.0 Å². The zero-order valence-corrected chi connectivity index (χ0v) is 34.4. The first-order valence-corrected chi connectivity index (χ1v) is 18.1. The number of halogens is 16. The van der Waals surface area contributed by atoms with E-state index in [1.807, 2.05) is 46.9 Å². The van der Waals surface area contributed by atoms with Crippen molar-refractivity contribution < 1.29 is 87.8 Å². The zero-order valence-electron chi connectivity index (χ0n) is 34.4. The molecule has 0 unspecified atom stereocenters. The van der Waals surface area contributed by atoms with Gasteiger partial charge >= 0.3 is 29.0 Å². The van der Waals surface area contributed by atoms with Gasteiger partial charge in [-0.25, -0.2) is 0 Å². The van der Waals surface area contributed by atoms with Crippen LogP contribution in [-0.2, 0) is 80.1 Å². The largest absolute Gasteiger partial charge is 0.673 e. The van der Waals surface area contributed by atoms with Crippen LogP contribution in [0, 0.1) is 22.7 Å². The van der Waals surface area contributed by atoms with E-state index in [1.165, 1.54) is 36.6 Å². The third-order valence-corrected chi connectivity index (χ3v) is 7.13. The zero-order chi connectivity index (χ0) is 48.5. The fourth-order valence-electron chi connectivity index (χ4n) is 5.08. The smallest absolute Gasteiger partial charge is 0.418 e. The molecule has 0 atom stereocenters. The fraction of sp³-hybridized carbons (Fsp3) is 0.643. The molecule has 14 nitrogen and oxygen atoms in total. The second-order valence-corrected chi connectivity index (χ2v) is 12.4. The molecule has 5 heterocycles. The molecule has 0 saturated heterocycles. The van der Waals surface area contributed by atoms with Gasteiger partial charge in [0.2, 0.25) is 0 Å². The maximum absolute atomic E-state index is 9.75. The molecule has 1 aliphatic heterocycles. The summed E-state index contributed by atoms with van der Waals surface area (Å²) in [4.78, 5) is 0. The number of aromatic nitrogens is 12. The van der Waals surface area contributed by atoms with Gasteiger partial charge in [0.1, 0.15) is 54.4 Å². The summed E-state index contributed by atoms with van der Waals surface area (Å²) in [5.41, 5.74) is 5.05. The summed E-state index contributed by atoms with van der Waals surface area (Å²) >= 11 is 0. The minimum Gasteiger partial charge on any atom is -0.418 e. The highest BCUT2D eigenvalue weighted by molar-refractivity contribution is 6.50. The highest BCUT2D eigenvalue weighted by Gasteiger charge is 2.23. The van der Waals surface area contributed by atoms with Gasteiger partial charge in [-0.3, -0.25) is 0 Å². The molecule has 0 amide bonds. The van der Waals surface area contributed by atoms with E-state index in [9.17, 15) is 69.1 Å². The van der Waals surface area contributed by atoms with E-state index in [1.54, 1.807) is 12.1 Å². The van der Waals surface area contributed by atoms with E-state index in [-0.39, 0.29) is 0 Å². The standard InChI is InChI=1S/C24H40N12.2C2H3N.4BF4/c1-29-21-9-5-10-22-18-35(26-30(22)2)15-8-16-36-20-24(32(4)28-36)12-6-11-23-19-34(27-31(23)3)14-7-13-33(17-21)25-29;2*1-2-3;4*2-1(3,4)5/h17-20H,5-16H2,1-4H3;2*1H3;;;;/q+4;;;4*-1. The SMILES string of the molecule is CC#N.CC#N.Cn1n[n+]2cc1CCCc1c[n+](nn1C)CCC[n+]1cc(n(C)n1)CCCc1c[n+](nn1C)CCC2.F[B-](F)(F)F.F[B-](F)(F)F.F[B-](F)(F)F.F[B-](F)(F)F. The molecule has 62 heavy (non-hydrogen) atoms. The molecule has 4 aromatic heterocycles. The molecule has 8 bridgehead atoms. The molecule has 4 aromatic rings. The molecule has 0 saturated carbocycles. The van der Waals surface area contributed by atoms with Gasteiger partial charge in [0, 0.05) is 52.4 Å². The summed E-state index contributed by atoms with van der Waals surface area (Å²) in [6.07, 6.45) is 16.9. The molecule has 0 radical (unpaired) electrons. The number of rotatable bonds is 0. The second-order valence-electron chi connectivity index (χ2n) is 12.4. The molecule has 352 valence electrons. The number of nitriles is 2. The van der Waals surface area contributed by atoms with Crippen molar-refractivity contribution in [3.05, 3.63) is 47.6 Å². The Balaban J connectivity index is 0. The van der Waals surface area contributed by atoms with Gasteiger partial charge in [0.25, 0.3) is 0 Å². The minimum atomic E-state index is -6.00. The first-order chi connectivity index (χ1) is 28.3. The van der Waals surface area contributed by atoms with Gasteiger partial charge in [0.05, 0.1) is 33.0 Å². The van der Waals surface area contributed by atoms with Gasteiger partial charge in [-0.2, -0.15) is 10.5 Å². The molecule has 0 spiro atoms. The number of hydrogen-bond acceptors (Lipinski definition) is 6. The third kappa shape index (κ3) is 35.4. The average Bonchev–Trinajstić information content (AvgIpc) is 3.81. The second kappa shape index (κ2) is 28.3. The number of hydrogen-bond donors (Lipinski definition) is 0. The Morgan fingerprint density at radius 1 is 0.403 bits per heavy atom. The maximum atomic E-state index is 9.75. The summed E-state index contributed by atoms with van der Waals surface area (Å²) in [5.74, 6) is 0. The van der Waals surface area contributed by atoms with Crippen LogP contribution in [0.2, 0.25) is 0 Å². The topological polar surface area (TPSA) is 134 Å². The lowest BCUT2D eigenvalue weighted by Crippen LogP contribution is -2.41. The lowest BCUT2D eigenvalue weighted by Gasteiger charge is -1.94. The van der Waals surface area contributed by atoms with Crippen LogP contribution in [0.1, 0.15) is 62.3 Å². The summed E-state index contributed by atoms with van der Waals surface area (Å²) in [5, 5.41) is 33.4. The predicted molar refractivity (Wildman–Crippen MR) is 190 cm³/mol. The molecule has 1 aliphatic rings. The first-order valence-electron chi connectivity index (χ1n) is 18.1. The molecule has 34 heteroatoms. The normalized spacial score (nSPS) is 13.5. The van der Waals surface area contributed by atoms with Gasteiger partial charge in [-0.05, 0) is 12.8 Å². The Morgan fingerprint density at radius 2 is 0.548 bits per heavy atom. The Bertz CT molecular complexity index is 1640. The lowest BCUT2D eigenvalue weighted by atomic mass is 10.1. The van der Waals surface area contributed by atoms with Crippen molar-refractivity contribution in [1.82, 2.24) is 39.6 Å². The molecular weight excluding hydrogens is 880 g/mol. The molecule has 0 fully saturated rings. The predicted octanol–water partition coefficient (Wildman–Crippen LogP) is 4.87. The van der Waals surface area contributed by atoms with Crippen LogP contribution in [0.4, 0.5) is 69.1 Å². The molecule has 0 N–H and O–H groups in total. The van der Waals surface area contributed by atoms with Crippen molar-refractivity contribution in [3.63, 3.8) is 0 Å². The van der Waals surface area contributed by atoms with Gasteiger partial charge < -0.3 is 69.1 Å². The molecule has 5 rings (SSSR count). The van der Waals surface area contributed by atoms with E-state index >= 15 is 0 Å². The van der Waals surface area contributed by atoms with Crippen molar-refractivity contribution in [2.24, 2.45) is 28.2 Å². The van der Waals surface area contributed by atoms with Crippen LogP contribution in [0.3, 0.4) is 0 Å². The Hall–Kier alpha value is -5.32. The van der Waals surface area contributed by atoms with Gasteiger partial charge in [-0.1, -0.05) is 0 Å².